The van der Waals surface area contributed by atoms with Crippen LogP contribution in [0, 0.1) is 0 Å². The molecular formula is C20H21N3O4. The van der Waals surface area contributed by atoms with E-state index in [2.05, 4.69) is 5.32 Å². The van der Waals surface area contributed by atoms with Crippen molar-refractivity contribution in [2.45, 2.75) is 19.0 Å². The maximum absolute atomic E-state index is 12.6. The van der Waals surface area contributed by atoms with Crippen LogP contribution in [0.25, 0.3) is 0 Å². The van der Waals surface area contributed by atoms with Crippen molar-refractivity contribution >= 4 is 17.5 Å². The molecule has 2 aliphatic rings. The summed E-state index contributed by atoms with van der Waals surface area (Å²) >= 11 is 0. The van der Waals surface area contributed by atoms with Gasteiger partial charge in [-0.05, 0) is 29.7 Å². The average molecular weight is 367 g/mol. The van der Waals surface area contributed by atoms with E-state index in [0.29, 0.717) is 43.4 Å². The Morgan fingerprint density at radius 1 is 1.07 bits per heavy atom. The highest BCUT2D eigenvalue weighted by Gasteiger charge is 2.31. The molecular weight excluding hydrogens is 346 g/mol. The fourth-order valence-corrected chi connectivity index (χ4v) is 3.53. The van der Waals surface area contributed by atoms with Crippen LogP contribution in [-0.2, 0) is 22.6 Å². The molecule has 0 radical (unpaired) electrons. The second-order valence-corrected chi connectivity index (χ2v) is 6.70. The summed E-state index contributed by atoms with van der Waals surface area (Å²) in [6, 6.07) is 12.7. The molecule has 2 amide bonds. The number of fused-ring (bicyclic) bond motifs is 2. The third-order valence-corrected chi connectivity index (χ3v) is 4.85. The zero-order valence-electron chi connectivity index (χ0n) is 14.8. The summed E-state index contributed by atoms with van der Waals surface area (Å²) < 4.78 is 11.0. The van der Waals surface area contributed by atoms with Gasteiger partial charge in [0.15, 0.2) is 11.5 Å². The molecule has 0 fully saturated rings. The highest BCUT2D eigenvalue weighted by Crippen LogP contribution is 2.32. The molecule has 0 saturated carbocycles. The van der Waals surface area contributed by atoms with Crippen LogP contribution in [0.15, 0.2) is 42.5 Å². The molecule has 0 aromatic heterocycles. The number of carbonyl (C=O) groups excluding carboxylic acids is 2. The van der Waals surface area contributed by atoms with Gasteiger partial charge in [0.25, 0.3) is 0 Å². The first-order valence-corrected chi connectivity index (χ1v) is 8.90. The van der Waals surface area contributed by atoms with Gasteiger partial charge in [0.1, 0.15) is 13.2 Å². The maximum Gasteiger partial charge on any atom is 0.238 e. The van der Waals surface area contributed by atoms with Gasteiger partial charge in [-0.2, -0.15) is 0 Å². The molecule has 2 aromatic carbocycles. The van der Waals surface area contributed by atoms with Crippen molar-refractivity contribution in [3.63, 3.8) is 0 Å². The second kappa shape index (κ2) is 7.28. The second-order valence-electron chi connectivity index (χ2n) is 6.70. The van der Waals surface area contributed by atoms with Crippen LogP contribution in [-0.4, -0.2) is 42.5 Å². The predicted octanol–water partition coefficient (Wildman–Crippen LogP) is 1.31. The van der Waals surface area contributed by atoms with Crippen LogP contribution in [0.3, 0.4) is 0 Å². The third-order valence-electron chi connectivity index (χ3n) is 4.85. The molecule has 27 heavy (non-hydrogen) atoms. The first-order chi connectivity index (χ1) is 13.1. The Kier molecular flexibility index (Phi) is 4.68. The van der Waals surface area contributed by atoms with E-state index >= 15 is 0 Å². The molecule has 7 nitrogen and oxygen atoms in total. The molecule has 0 spiro atoms. The van der Waals surface area contributed by atoms with Crippen molar-refractivity contribution in [2.24, 2.45) is 5.73 Å². The van der Waals surface area contributed by atoms with E-state index in [1.165, 1.54) is 0 Å². The monoisotopic (exact) mass is 367 g/mol. The molecule has 0 saturated heterocycles. The molecule has 0 aliphatic carbocycles. The van der Waals surface area contributed by atoms with E-state index in [1.807, 2.05) is 29.2 Å². The van der Waals surface area contributed by atoms with E-state index in [1.54, 1.807) is 18.2 Å². The summed E-state index contributed by atoms with van der Waals surface area (Å²) in [6.45, 7) is 1.59. The first-order valence-electron chi connectivity index (χ1n) is 8.90. The van der Waals surface area contributed by atoms with Crippen LogP contribution in [0.5, 0.6) is 11.5 Å². The topological polar surface area (TPSA) is 93.9 Å². The van der Waals surface area contributed by atoms with Gasteiger partial charge in [-0.3, -0.25) is 14.5 Å². The number of ether oxygens (including phenoxy) is 2. The quantitative estimate of drug-likeness (QED) is 0.850. The number of nitrogens with zero attached hydrogens (tertiary/aromatic N) is 1. The Bertz CT molecular complexity index is 883. The van der Waals surface area contributed by atoms with E-state index in [4.69, 9.17) is 15.2 Å². The molecule has 3 N–H and O–H groups in total. The largest absolute Gasteiger partial charge is 0.486 e. The number of anilines is 1. The number of primary amides is 1. The van der Waals surface area contributed by atoms with Crippen molar-refractivity contribution < 1.29 is 19.1 Å². The Labute approximate surface area is 157 Å². The highest BCUT2D eigenvalue weighted by atomic mass is 16.6. The number of hydrogen-bond donors (Lipinski definition) is 2. The molecule has 0 bridgehead atoms. The lowest BCUT2D eigenvalue weighted by molar-refractivity contribution is -0.125. The number of nitrogens with one attached hydrogen (secondary N) is 1. The van der Waals surface area contributed by atoms with Crippen molar-refractivity contribution in [3.8, 4) is 11.5 Å². The minimum atomic E-state index is -0.495. The van der Waals surface area contributed by atoms with Crippen molar-refractivity contribution in [3.05, 3.63) is 53.6 Å². The predicted molar refractivity (Wildman–Crippen MR) is 99.6 cm³/mol. The standard InChI is InChI=1S/C20H21N3O4/c21-20(25)16-9-13-3-1-2-4-14(13)11-23(16)12-19(24)22-15-5-6-17-18(10-15)27-8-7-26-17/h1-6,10,16H,7-9,11-12H2,(H2,21,25)(H,22,24)/t16-/m0/s1. The minimum absolute atomic E-state index is 0.0797. The average Bonchev–Trinajstić information content (AvgIpc) is 2.67. The molecule has 7 heteroatoms. The summed E-state index contributed by atoms with van der Waals surface area (Å²) in [4.78, 5) is 26.3. The third kappa shape index (κ3) is 3.73. The molecule has 1 atom stereocenters. The minimum Gasteiger partial charge on any atom is -0.486 e. The fourth-order valence-electron chi connectivity index (χ4n) is 3.53. The lowest BCUT2D eigenvalue weighted by Crippen LogP contribution is -2.50. The lowest BCUT2D eigenvalue weighted by atomic mass is 9.93. The Morgan fingerprint density at radius 2 is 1.81 bits per heavy atom. The lowest BCUT2D eigenvalue weighted by Gasteiger charge is -2.34. The van der Waals surface area contributed by atoms with Gasteiger partial charge in [-0.25, -0.2) is 0 Å². The van der Waals surface area contributed by atoms with Gasteiger partial charge in [-0.1, -0.05) is 24.3 Å². The van der Waals surface area contributed by atoms with Gasteiger partial charge in [0.2, 0.25) is 11.8 Å². The summed E-state index contributed by atoms with van der Waals surface area (Å²) in [5.74, 6) is 0.649. The van der Waals surface area contributed by atoms with E-state index in [0.717, 1.165) is 11.1 Å². The normalized spacial score (nSPS) is 18.4. The molecule has 0 unspecified atom stereocenters. The summed E-state index contributed by atoms with van der Waals surface area (Å²) in [5.41, 5.74) is 8.41. The number of hydrogen-bond acceptors (Lipinski definition) is 5. The zero-order valence-corrected chi connectivity index (χ0v) is 14.8. The van der Waals surface area contributed by atoms with Crippen LogP contribution in [0.1, 0.15) is 11.1 Å². The number of carbonyl (C=O) groups is 2. The van der Waals surface area contributed by atoms with Crippen molar-refractivity contribution in [1.82, 2.24) is 4.90 Å². The van der Waals surface area contributed by atoms with Gasteiger partial charge in [0, 0.05) is 18.3 Å². The smallest absolute Gasteiger partial charge is 0.238 e. The number of benzene rings is 2. The van der Waals surface area contributed by atoms with Crippen molar-refractivity contribution in [2.75, 3.05) is 25.1 Å². The van der Waals surface area contributed by atoms with E-state index < -0.39 is 11.9 Å². The summed E-state index contributed by atoms with van der Waals surface area (Å²) in [7, 11) is 0. The number of rotatable bonds is 4. The Hall–Kier alpha value is -3.06. The number of amides is 2. The van der Waals surface area contributed by atoms with Gasteiger partial charge in [-0.15, -0.1) is 0 Å². The van der Waals surface area contributed by atoms with Crippen LogP contribution < -0.4 is 20.5 Å². The molecule has 2 heterocycles. The summed E-state index contributed by atoms with van der Waals surface area (Å²) in [6.07, 6.45) is 0.517. The van der Waals surface area contributed by atoms with Crippen molar-refractivity contribution in [1.29, 1.82) is 0 Å². The highest BCUT2D eigenvalue weighted by molar-refractivity contribution is 5.93. The van der Waals surface area contributed by atoms with Gasteiger partial charge >= 0.3 is 0 Å². The molecule has 2 aliphatic heterocycles. The number of nitrogens with two attached hydrogens (primary N) is 1. The fraction of sp³-hybridized carbons (Fsp3) is 0.300. The SMILES string of the molecule is NC(=O)[C@@H]1Cc2ccccc2CN1CC(=O)Nc1ccc2c(c1)OCCO2. The van der Waals surface area contributed by atoms with Crippen LogP contribution in [0.2, 0.25) is 0 Å². The Balaban J connectivity index is 1.46. The van der Waals surface area contributed by atoms with Crippen LogP contribution >= 0.6 is 0 Å². The van der Waals surface area contributed by atoms with Crippen LogP contribution in [0.4, 0.5) is 5.69 Å². The zero-order chi connectivity index (χ0) is 18.8. The van der Waals surface area contributed by atoms with Gasteiger partial charge in [0.05, 0.1) is 12.6 Å². The Morgan fingerprint density at radius 3 is 2.59 bits per heavy atom. The van der Waals surface area contributed by atoms with E-state index in [9.17, 15) is 9.59 Å². The first kappa shape index (κ1) is 17.4. The summed E-state index contributed by atoms with van der Waals surface area (Å²) in [5, 5.41) is 2.85. The molecule has 2 aromatic rings. The molecule has 4 rings (SSSR count). The maximum atomic E-state index is 12.6. The van der Waals surface area contributed by atoms with Gasteiger partial charge < -0.3 is 20.5 Å². The van der Waals surface area contributed by atoms with E-state index in [-0.39, 0.29) is 12.5 Å². The molecule has 140 valence electrons.